The Kier molecular flexibility index (Phi) is 3.99. The van der Waals surface area contributed by atoms with Crippen molar-refractivity contribution in [1.29, 1.82) is 5.26 Å². The third kappa shape index (κ3) is 3.21. The molecule has 0 aliphatic carbocycles. The molecule has 0 radical (unpaired) electrons. The van der Waals surface area contributed by atoms with Gasteiger partial charge in [0.1, 0.15) is 6.04 Å². The number of anilines is 1. The Morgan fingerprint density at radius 2 is 1.65 bits per heavy atom. The number of hydrogen-bond acceptors (Lipinski definition) is 2. The molecule has 0 saturated heterocycles. The minimum absolute atomic E-state index is 0.309. The summed E-state index contributed by atoms with van der Waals surface area (Å²) >= 11 is 2.26. The van der Waals surface area contributed by atoms with Gasteiger partial charge in [-0.05, 0) is 52.4 Å². The molecule has 1 atom stereocenters. The van der Waals surface area contributed by atoms with Crippen LogP contribution in [0.15, 0.2) is 54.6 Å². The van der Waals surface area contributed by atoms with Gasteiger partial charge in [-0.1, -0.05) is 30.3 Å². The number of halogens is 1. The van der Waals surface area contributed by atoms with E-state index in [2.05, 4.69) is 34.0 Å². The maximum absolute atomic E-state index is 9.18. The van der Waals surface area contributed by atoms with Crippen LogP contribution in [0.4, 0.5) is 5.69 Å². The molecule has 0 amide bonds. The van der Waals surface area contributed by atoms with Crippen molar-refractivity contribution >= 4 is 28.3 Å². The molecule has 3 heteroatoms. The largest absolute Gasteiger partial charge is 0.366 e. The van der Waals surface area contributed by atoms with Crippen LogP contribution in [0, 0.1) is 14.9 Å². The van der Waals surface area contributed by atoms with Gasteiger partial charge in [0.15, 0.2) is 0 Å². The van der Waals surface area contributed by atoms with Crippen LogP contribution < -0.4 is 5.32 Å². The van der Waals surface area contributed by atoms with E-state index in [1.807, 2.05) is 54.6 Å². The van der Waals surface area contributed by atoms with E-state index in [9.17, 15) is 5.26 Å². The molecule has 0 spiro atoms. The Hall–Kier alpha value is -1.54. The molecule has 0 heterocycles. The Bertz CT molecular complexity index is 514. The molecule has 0 aromatic heterocycles. The first-order chi connectivity index (χ1) is 8.29. The van der Waals surface area contributed by atoms with Gasteiger partial charge in [0.25, 0.3) is 0 Å². The highest BCUT2D eigenvalue weighted by Crippen LogP contribution is 2.19. The molecule has 1 N–H and O–H groups in total. The van der Waals surface area contributed by atoms with Crippen LogP contribution in [-0.2, 0) is 0 Å². The van der Waals surface area contributed by atoms with E-state index in [1.54, 1.807) is 0 Å². The lowest BCUT2D eigenvalue weighted by Crippen LogP contribution is -2.08. The normalized spacial score (nSPS) is 11.5. The SMILES string of the molecule is N#[11C]C(Nc1ccc(I)cc1)c1ccccc1. The van der Waals surface area contributed by atoms with Crippen LogP contribution in [0.2, 0.25) is 0 Å². The van der Waals surface area contributed by atoms with Crippen LogP contribution >= 0.6 is 22.6 Å². The molecule has 2 aromatic rings. The summed E-state index contributed by atoms with van der Waals surface area (Å²) in [5.41, 5.74) is 1.94. The Morgan fingerprint density at radius 3 is 2.24 bits per heavy atom. The lowest BCUT2D eigenvalue weighted by molar-refractivity contribution is 0.998. The zero-order valence-electron chi connectivity index (χ0n) is 9.10. The van der Waals surface area contributed by atoms with Crippen LogP contribution in [0.25, 0.3) is 0 Å². The molecule has 2 aromatic carbocycles. The average molecular weight is 333 g/mol. The van der Waals surface area contributed by atoms with Crippen molar-refractivity contribution < 1.29 is 0 Å². The second-order valence-corrected chi connectivity index (χ2v) is 4.87. The van der Waals surface area contributed by atoms with Gasteiger partial charge in [-0.2, -0.15) is 5.26 Å². The molecule has 0 aliphatic rings. The van der Waals surface area contributed by atoms with Crippen LogP contribution in [0.5, 0.6) is 0 Å². The van der Waals surface area contributed by atoms with Gasteiger partial charge in [0.05, 0.1) is 6.07 Å². The third-order valence-electron chi connectivity index (χ3n) is 2.42. The number of rotatable bonds is 3. The van der Waals surface area contributed by atoms with Crippen molar-refractivity contribution in [3.63, 3.8) is 0 Å². The van der Waals surface area contributed by atoms with E-state index in [4.69, 9.17) is 0 Å². The summed E-state index contributed by atoms with van der Waals surface area (Å²) in [7, 11) is 0. The first-order valence-electron chi connectivity index (χ1n) is 5.26. The summed E-state index contributed by atoms with van der Waals surface area (Å²) in [6.45, 7) is 0. The van der Waals surface area contributed by atoms with Gasteiger partial charge in [-0.15, -0.1) is 0 Å². The highest BCUT2D eigenvalue weighted by molar-refractivity contribution is 14.1. The molecule has 0 bridgehead atoms. The van der Waals surface area contributed by atoms with Crippen molar-refractivity contribution in [3.8, 4) is 6.07 Å². The second kappa shape index (κ2) is 5.69. The van der Waals surface area contributed by atoms with Crippen molar-refractivity contribution in [2.24, 2.45) is 0 Å². The summed E-state index contributed by atoms with van der Waals surface area (Å²) < 4.78 is 1.18. The molecule has 0 aliphatic heterocycles. The minimum Gasteiger partial charge on any atom is -0.366 e. The molecule has 1 unspecified atom stereocenters. The topological polar surface area (TPSA) is 35.8 Å². The molecular weight excluding hydrogens is 322 g/mol. The minimum atomic E-state index is -0.309. The van der Waals surface area contributed by atoms with Crippen LogP contribution in [0.3, 0.4) is 0 Å². The van der Waals surface area contributed by atoms with Gasteiger partial charge in [-0.25, -0.2) is 0 Å². The third-order valence-corrected chi connectivity index (χ3v) is 3.14. The first-order valence-corrected chi connectivity index (χ1v) is 6.34. The summed E-state index contributed by atoms with van der Waals surface area (Å²) in [4.78, 5) is 0. The van der Waals surface area contributed by atoms with Gasteiger partial charge >= 0.3 is 0 Å². The maximum Gasteiger partial charge on any atom is 0.140 e. The molecular formula is C14H11IN2. The fourth-order valence-electron chi connectivity index (χ4n) is 1.55. The average Bonchev–Trinajstić information content (AvgIpc) is 2.39. The van der Waals surface area contributed by atoms with Crippen molar-refractivity contribution in [2.45, 2.75) is 6.04 Å². The van der Waals surface area contributed by atoms with Crippen LogP contribution in [0.1, 0.15) is 11.6 Å². The predicted molar refractivity (Wildman–Crippen MR) is 77.6 cm³/mol. The molecule has 17 heavy (non-hydrogen) atoms. The number of nitriles is 1. The highest BCUT2D eigenvalue weighted by Gasteiger charge is 2.08. The lowest BCUT2D eigenvalue weighted by atomic mass is 9.93. The van der Waals surface area contributed by atoms with E-state index >= 15 is 0 Å². The summed E-state index contributed by atoms with van der Waals surface area (Å²) in [6.07, 6.45) is 0. The second-order valence-electron chi connectivity index (χ2n) is 3.62. The van der Waals surface area contributed by atoms with Gasteiger partial charge in [-0.3, -0.25) is 0 Å². The Morgan fingerprint density at radius 1 is 1.00 bits per heavy atom. The fourth-order valence-corrected chi connectivity index (χ4v) is 1.91. The van der Waals surface area contributed by atoms with E-state index < -0.39 is 0 Å². The van der Waals surface area contributed by atoms with E-state index in [1.165, 1.54) is 3.57 Å². The number of hydrogen-bond donors (Lipinski definition) is 1. The van der Waals surface area contributed by atoms with E-state index in [-0.39, 0.29) is 6.04 Å². The van der Waals surface area contributed by atoms with Gasteiger partial charge in [0, 0.05) is 9.26 Å². The zero-order valence-corrected chi connectivity index (χ0v) is 11.3. The first kappa shape index (κ1) is 11.9. The molecule has 2 rings (SSSR count). The van der Waals surface area contributed by atoms with Gasteiger partial charge < -0.3 is 5.32 Å². The molecule has 0 fully saturated rings. The summed E-state index contributed by atoms with van der Waals surface area (Å²) in [5.74, 6) is 0. The monoisotopic (exact) mass is 333 g/mol. The Labute approximate surface area is 114 Å². The smallest absolute Gasteiger partial charge is 0.140 e. The highest BCUT2D eigenvalue weighted by atomic mass is 127. The van der Waals surface area contributed by atoms with E-state index in [0.29, 0.717) is 0 Å². The molecule has 2 nitrogen and oxygen atoms in total. The fraction of sp³-hybridized carbons (Fsp3) is 0.0714. The number of nitrogens with zero attached hydrogens (tertiary/aromatic N) is 1. The van der Waals surface area contributed by atoms with E-state index in [0.717, 1.165) is 11.3 Å². The summed E-state index contributed by atoms with van der Waals surface area (Å²) in [5, 5.41) is 12.4. The van der Waals surface area contributed by atoms with Crippen molar-refractivity contribution in [2.75, 3.05) is 5.32 Å². The predicted octanol–water partition coefficient (Wildman–Crippen LogP) is 3.97. The maximum atomic E-state index is 9.18. The Balaban J connectivity index is 2.17. The lowest BCUT2D eigenvalue weighted by Gasteiger charge is -2.13. The van der Waals surface area contributed by atoms with Crippen molar-refractivity contribution in [1.82, 2.24) is 0 Å². The molecule has 84 valence electrons. The van der Waals surface area contributed by atoms with Crippen LogP contribution in [-0.4, -0.2) is 0 Å². The number of nitrogens with one attached hydrogen (secondary N) is 1. The molecule has 0 saturated carbocycles. The zero-order chi connectivity index (χ0) is 12.1. The standard InChI is InChI=1S/C14H11IN2/c15-12-6-8-13(9-7-12)17-14(10-16)11-4-2-1-3-5-11/h1-9,14,17H/i10-1. The van der Waals surface area contributed by atoms with Gasteiger partial charge in [0.2, 0.25) is 0 Å². The summed E-state index contributed by atoms with van der Waals surface area (Å²) in [6, 6.07) is 19.7. The quantitative estimate of drug-likeness (QED) is 0.863. The van der Waals surface area contributed by atoms with Crippen molar-refractivity contribution in [3.05, 3.63) is 63.7 Å². The number of benzene rings is 2.